The Morgan fingerprint density at radius 3 is 1.11 bits per heavy atom. The normalized spacial score (nSPS) is 28.2. The topological polar surface area (TPSA) is 0 Å². The first-order chi connectivity index (χ1) is 8.77. The molecule has 2 rings (SSSR count). The number of hydrogen-bond donors (Lipinski definition) is 0. The molecule has 0 aliphatic heterocycles. The second kappa shape index (κ2) is 5.22. The van der Waals surface area contributed by atoms with Gasteiger partial charge in [0, 0.05) is 0 Å². The van der Waals surface area contributed by atoms with Crippen LogP contribution in [-0.2, 0) is 19.2 Å². The van der Waals surface area contributed by atoms with E-state index in [0.717, 1.165) is 0 Å². The van der Waals surface area contributed by atoms with Gasteiger partial charge in [0.2, 0.25) is 0 Å². The molecule has 0 N–H and O–H groups in total. The summed E-state index contributed by atoms with van der Waals surface area (Å²) < 4.78 is 3.55. The summed E-state index contributed by atoms with van der Waals surface area (Å²) in [6.07, 6.45) is 0. The van der Waals surface area contributed by atoms with Gasteiger partial charge in [-0.2, -0.15) is 0 Å². The average molecular weight is 290 g/mol. The fraction of sp³-hybridized carbons (Fsp3) is 0.556. The van der Waals surface area contributed by atoms with Crippen molar-refractivity contribution in [3.63, 3.8) is 0 Å². The van der Waals surface area contributed by atoms with Crippen LogP contribution in [0.5, 0.6) is 0 Å². The fourth-order valence-corrected chi connectivity index (χ4v) is 6.25. The Hall–Kier alpha value is -0.326. The summed E-state index contributed by atoms with van der Waals surface area (Å²) in [5.41, 5.74) is 9.50. The van der Waals surface area contributed by atoms with Crippen LogP contribution in [0.2, 0.25) is 0 Å². The van der Waals surface area contributed by atoms with E-state index >= 15 is 0 Å². The molecule has 2 atom stereocenters. The molecule has 0 amide bonds. The van der Waals surface area contributed by atoms with E-state index < -0.39 is 0 Å². The first-order valence-electron chi connectivity index (χ1n) is 7.31. The van der Waals surface area contributed by atoms with Gasteiger partial charge in [0.25, 0.3) is 0 Å². The van der Waals surface area contributed by atoms with Crippen LogP contribution < -0.4 is 0 Å². The summed E-state index contributed by atoms with van der Waals surface area (Å²) in [5.74, 6) is 1.38. The first kappa shape index (κ1) is 15.1. The van der Waals surface area contributed by atoms with Crippen LogP contribution in [0.1, 0.15) is 55.4 Å². The van der Waals surface area contributed by atoms with Gasteiger partial charge in [-0.15, -0.1) is 0 Å². The third-order valence-electron chi connectivity index (χ3n) is 5.55. The van der Waals surface area contributed by atoms with E-state index in [-0.39, 0.29) is 19.2 Å². The van der Waals surface area contributed by atoms with Crippen molar-refractivity contribution >= 4 is 0 Å². The van der Waals surface area contributed by atoms with Crippen molar-refractivity contribution < 1.29 is 19.2 Å². The SMILES string of the molecule is CC1=C(C)C(C)[C]([Ti][C]2=C(C)C(C)=C(C)C2C)=C1C. The molecule has 0 bridgehead atoms. The van der Waals surface area contributed by atoms with Crippen LogP contribution in [0, 0.1) is 11.8 Å². The van der Waals surface area contributed by atoms with Crippen LogP contribution in [0.25, 0.3) is 0 Å². The Bertz CT molecular complexity index is 502. The molecule has 0 fully saturated rings. The predicted molar refractivity (Wildman–Crippen MR) is 80.5 cm³/mol. The van der Waals surface area contributed by atoms with Crippen LogP contribution in [0.4, 0.5) is 0 Å². The minimum atomic E-state index is -0.132. The standard InChI is InChI=1S/2C9H13.Ti/c2*1-6-5-7(2)9(4)8(6)3;/h2*6H,1-4H3;. The average Bonchev–Trinajstić information content (AvgIpc) is 2.68. The summed E-state index contributed by atoms with van der Waals surface area (Å²) in [7, 11) is 0. The molecule has 2 aliphatic rings. The zero-order valence-corrected chi connectivity index (χ0v) is 15.2. The molecule has 0 heterocycles. The zero-order chi connectivity index (χ0) is 14.5. The van der Waals surface area contributed by atoms with Gasteiger partial charge in [-0.3, -0.25) is 0 Å². The maximum atomic E-state index is 2.40. The molecule has 0 aromatic rings. The zero-order valence-electron chi connectivity index (χ0n) is 13.7. The Morgan fingerprint density at radius 2 is 0.895 bits per heavy atom. The van der Waals surface area contributed by atoms with Crippen molar-refractivity contribution in [3.8, 4) is 0 Å². The van der Waals surface area contributed by atoms with Gasteiger partial charge in [0.05, 0.1) is 0 Å². The van der Waals surface area contributed by atoms with Gasteiger partial charge >= 0.3 is 128 Å². The molecular formula is C18H26Ti. The van der Waals surface area contributed by atoms with E-state index in [1.165, 1.54) is 0 Å². The Labute approximate surface area is 127 Å². The molecule has 0 saturated carbocycles. The summed E-state index contributed by atoms with van der Waals surface area (Å²) >= 11 is -0.132. The van der Waals surface area contributed by atoms with E-state index in [2.05, 4.69) is 55.4 Å². The molecule has 0 spiro atoms. The van der Waals surface area contributed by atoms with Gasteiger partial charge in [-0.25, -0.2) is 0 Å². The molecule has 2 unspecified atom stereocenters. The monoisotopic (exact) mass is 290 g/mol. The van der Waals surface area contributed by atoms with E-state index in [4.69, 9.17) is 0 Å². The molecule has 0 nitrogen and oxygen atoms in total. The van der Waals surface area contributed by atoms with Gasteiger partial charge in [0.15, 0.2) is 0 Å². The molecule has 0 radical (unpaired) electrons. The fourth-order valence-electron chi connectivity index (χ4n) is 3.28. The third kappa shape index (κ3) is 2.28. The summed E-state index contributed by atoms with van der Waals surface area (Å²) in [5, 5.41) is 0. The molecule has 0 aromatic heterocycles. The Kier molecular flexibility index (Phi) is 4.14. The van der Waals surface area contributed by atoms with E-state index in [9.17, 15) is 0 Å². The molecule has 0 saturated heterocycles. The van der Waals surface area contributed by atoms with Gasteiger partial charge in [-0.1, -0.05) is 0 Å². The van der Waals surface area contributed by atoms with E-state index in [1.807, 2.05) is 0 Å². The van der Waals surface area contributed by atoms with Crippen molar-refractivity contribution in [1.82, 2.24) is 0 Å². The predicted octanol–water partition coefficient (Wildman–Crippen LogP) is 5.59. The minimum absolute atomic E-state index is 0.132. The van der Waals surface area contributed by atoms with Gasteiger partial charge in [0.1, 0.15) is 0 Å². The van der Waals surface area contributed by atoms with E-state index in [1.54, 1.807) is 41.2 Å². The molecule has 0 aromatic carbocycles. The number of hydrogen-bond acceptors (Lipinski definition) is 0. The van der Waals surface area contributed by atoms with Crippen LogP contribution in [-0.4, -0.2) is 0 Å². The van der Waals surface area contributed by atoms with Crippen molar-refractivity contribution in [2.24, 2.45) is 11.8 Å². The van der Waals surface area contributed by atoms with Gasteiger partial charge < -0.3 is 0 Å². The van der Waals surface area contributed by atoms with Crippen LogP contribution >= 0.6 is 0 Å². The molecule has 102 valence electrons. The van der Waals surface area contributed by atoms with Crippen molar-refractivity contribution in [2.45, 2.75) is 55.4 Å². The first-order valence-corrected chi connectivity index (χ1v) is 8.87. The maximum absolute atomic E-state index is 2.40. The van der Waals surface area contributed by atoms with Gasteiger partial charge in [-0.05, 0) is 0 Å². The van der Waals surface area contributed by atoms with Crippen molar-refractivity contribution in [3.05, 3.63) is 41.2 Å². The second-order valence-electron chi connectivity index (χ2n) is 6.26. The summed E-state index contributed by atoms with van der Waals surface area (Å²) in [4.78, 5) is 0. The third-order valence-corrected chi connectivity index (χ3v) is 8.92. The van der Waals surface area contributed by atoms with Crippen molar-refractivity contribution in [2.75, 3.05) is 0 Å². The second-order valence-corrected chi connectivity index (χ2v) is 8.33. The molecule has 19 heavy (non-hydrogen) atoms. The van der Waals surface area contributed by atoms with Crippen LogP contribution in [0.15, 0.2) is 41.2 Å². The van der Waals surface area contributed by atoms with Crippen molar-refractivity contribution in [1.29, 1.82) is 0 Å². The Balaban J connectivity index is 2.32. The number of rotatable bonds is 2. The summed E-state index contributed by atoms with van der Waals surface area (Å²) in [6, 6.07) is 0. The van der Waals surface area contributed by atoms with Crippen LogP contribution in [0.3, 0.4) is 0 Å². The van der Waals surface area contributed by atoms with E-state index in [0.29, 0.717) is 11.8 Å². The quantitative estimate of drug-likeness (QED) is 0.582. The molecule has 1 heteroatoms. The molecular weight excluding hydrogens is 264 g/mol. The Morgan fingerprint density at radius 1 is 0.579 bits per heavy atom. The number of allylic oxidation sites excluding steroid dienone is 8. The molecule has 2 aliphatic carbocycles. The summed E-state index contributed by atoms with van der Waals surface area (Å²) in [6.45, 7) is 18.7.